The highest BCUT2D eigenvalue weighted by atomic mass is 16.1. The van der Waals surface area contributed by atoms with Gasteiger partial charge in [-0.3, -0.25) is 4.79 Å². The van der Waals surface area contributed by atoms with E-state index < -0.39 is 0 Å². The molecule has 1 heterocycles. The van der Waals surface area contributed by atoms with Gasteiger partial charge in [0, 0.05) is 19.5 Å². The Morgan fingerprint density at radius 3 is 2.50 bits per heavy atom. The number of imidazole rings is 1. The van der Waals surface area contributed by atoms with Gasteiger partial charge >= 0.3 is 0 Å². The quantitative estimate of drug-likeness (QED) is 0.713. The molecule has 0 aliphatic rings. The summed E-state index contributed by atoms with van der Waals surface area (Å²) in [5.74, 6) is 0.942. The topological polar surface area (TPSA) is 50.2 Å². The van der Waals surface area contributed by atoms with Crippen LogP contribution in [-0.4, -0.2) is 34.5 Å². The molecule has 0 bridgehead atoms. The van der Waals surface area contributed by atoms with Crippen LogP contribution in [0.2, 0.25) is 0 Å². The van der Waals surface area contributed by atoms with Gasteiger partial charge in [-0.2, -0.15) is 0 Å². The molecule has 5 nitrogen and oxygen atoms in total. The summed E-state index contributed by atoms with van der Waals surface area (Å²) in [4.78, 5) is 19.3. The van der Waals surface area contributed by atoms with E-state index in [1.54, 1.807) is 0 Å². The largest absolute Gasteiger partial charge is 0.350 e. The van der Waals surface area contributed by atoms with Gasteiger partial charge in [0.2, 0.25) is 5.91 Å². The van der Waals surface area contributed by atoms with Crippen molar-refractivity contribution < 1.29 is 4.79 Å². The molecule has 0 saturated heterocycles. The maximum Gasteiger partial charge on any atom is 0.240 e. The molecular weight excluding hydrogens is 324 g/mol. The molecule has 0 atom stereocenters. The third kappa shape index (κ3) is 4.11. The van der Waals surface area contributed by atoms with Crippen molar-refractivity contribution in [2.75, 3.05) is 14.1 Å². The second-order valence-corrected chi connectivity index (χ2v) is 6.74. The predicted molar refractivity (Wildman–Crippen MR) is 105 cm³/mol. The third-order valence-corrected chi connectivity index (χ3v) is 4.43. The number of fused-ring (bicyclic) bond motifs is 1. The van der Waals surface area contributed by atoms with E-state index in [0.29, 0.717) is 13.1 Å². The van der Waals surface area contributed by atoms with E-state index in [2.05, 4.69) is 34.3 Å². The van der Waals surface area contributed by atoms with Crippen LogP contribution in [0.1, 0.15) is 23.9 Å². The number of hydrogen-bond donors (Lipinski definition) is 1. The standard InChI is InChI=1S/C21H26N4O/c1-4-20-23-18-11-7-8-12-19(18)25(20)15-21(26)22-13-16-9-5-6-10-17(16)14-24(2)3/h5-12H,4,13-15H2,1-3H3,(H,22,26). The molecule has 0 unspecified atom stereocenters. The maximum atomic E-state index is 12.6. The van der Waals surface area contributed by atoms with E-state index >= 15 is 0 Å². The van der Waals surface area contributed by atoms with Gasteiger partial charge in [0.25, 0.3) is 0 Å². The van der Waals surface area contributed by atoms with Gasteiger partial charge in [-0.05, 0) is 37.4 Å². The van der Waals surface area contributed by atoms with Crippen molar-refractivity contribution in [1.82, 2.24) is 19.8 Å². The van der Waals surface area contributed by atoms with Gasteiger partial charge < -0.3 is 14.8 Å². The van der Waals surface area contributed by atoms with Crippen LogP contribution in [-0.2, 0) is 30.8 Å². The molecule has 5 heteroatoms. The number of benzene rings is 2. The van der Waals surface area contributed by atoms with Crippen molar-refractivity contribution in [1.29, 1.82) is 0 Å². The van der Waals surface area contributed by atoms with Crippen molar-refractivity contribution >= 4 is 16.9 Å². The van der Waals surface area contributed by atoms with Crippen LogP contribution in [0.3, 0.4) is 0 Å². The average Bonchev–Trinajstić information content (AvgIpc) is 2.98. The fourth-order valence-corrected chi connectivity index (χ4v) is 3.19. The summed E-state index contributed by atoms with van der Waals surface area (Å²) >= 11 is 0. The summed E-state index contributed by atoms with van der Waals surface area (Å²) < 4.78 is 2.01. The number of rotatable bonds is 7. The minimum Gasteiger partial charge on any atom is -0.350 e. The van der Waals surface area contributed by atoms with Crippen LogP contribution in [0, 0.1) is 0 Å². The zero-order valence-electron chi connectivity index (χ0n) is 15.7. The van der Waals surface area contributed by atoms with E-state index in [1.165, 1.54) is 5.56 Å². The number of hydrogen-bond acceptors (Lipinski definition) is 3. The summed E-state index contributed by atoms with van der Waals surface area (Å²) in [5, 5.41) is 3.06. The smallest absolute Gasteiger partial charge is 0.240 e. The molecular formula is C21H26N4O. The third-order valence-electron chi connectivity index (χ3n) is 4.43. The molecule has 2 aromatic carbocycles. The van der Waals surface area contributed by atoms with Crippen molar-refractivity contribution in [3.63, 3.8) is 0 Å². The van der Waals surface area contributed by atoms with E-state index in [0.717, 1.165) is 35.4 Å². The number of nitrogens with zero attached hydrogens (tertiary/aromatic N) is 3. The van der Waals surface area contributed by atoms with Gasteiger partial charge in [0.1, 0.15) is 12.4 Å². The number of amides is 1. The molecule has 136 valence electrons. The van der Waals surface area contributed by atoms with Gasteiger partial charge in [0.05, 0.1) is 11.0 Å². The Morgan fingerprint density at radius 2 is 1.77 bits per heavy atom. The number of aromatic nitrogens is 2. The average molecular weight is 350 g/mol. The zero-order chi connectivity index (χ0) is 18.5. The van der Waals surface area contributed by atoms with Gasteiger partial charge in [-0.25, -0.2) is 4.98 Å². The van der Waals surface area contributed by atoms with Crippen molar-refractivity contribution in [3.8, 4) is 0 Å². The second kappa shape index (κ2) is 8.15. The molecule has 1 N–H and O–H groups in total. The molecule has 0 aliphatic carbocycles. The van der Waals surface area contributed by atoms with E-state index in [-0.39, 0.29) is 5.91 Å². The monoisotopic (exact) mass is 350 g/mol. The first kappa shape index (κ1) is 18.1. The van der Waals surface area contributed by atoms with Gasteiger partial charge in [-0.15, -0.1) is 0 Å². The van der Waals surface area contributed by atoms with Gasteiger partial charge in [-0.1, -0.05) is 43.3 Å². The first-order chi connectivity index (χ1) is 12.6. The molecule has 0 saturated carbocycles. The Balaban J connectivity index is 1.71. The molecule has 3 aromatic rings. The summed E-state index contributed by atoms with van der Waals surface area (Å²) in [6.45, 7) is 3.75. The number of para-hydroxylation sites is 2. The van der Waals surface area contributed by atoms with Crippen LogP contribution >= 0.6 is 0 Å². The van der Waals surface area contributed by atoms with Crippen LogP contribution in [0.5, 0.6) is 0 Å². The van der Waals surface area contributed by atoms with E-state index in [9.17, 15) is 4.79 Å². The molecule has 1 amide bonds. The van der Waals surface area contributed by atoms with Crippen molar-refractivity contribution in [3.05, 3.63) is 65.5 Å². The second-order valence-electron chi connectivity index (χ2n) is 6.74. The Labute approximate surface area is 154 Å². The lowest BCUT2D eigenvalue weighted by molar-refractivity contribution is -0.121. The Kier molecular flexibility index (Phi) is 5.68. The SMILES string of the molecule is CCc1nc2ccccc2n1CC(=O)NCc1ccccc1CN(C)C. The highest BCUT2D eigenvalue weighted by Crippen LogP contribution is 2.16. The van der Waals surface area contributed by atoms with Crippen molar-refractivity contribution in [2.45, 2.75) is 33.0 Å². The van der Waals surface area contributed by atoms with E-state index in [4.69, 9.17) is 0 Å². The fourth-order valence-electron chi connectivity index (χ4n) is 3.19. The van der Waals surface area contributed by atoms with Crippen LogP contribution in [0.25, 0.3) is 11.0 Å². The van der Waals surface area contributed by atoms with Crippen molar-refractivity contribution in [2.24, 2.45) is 0 Å². The summed E-state index contributed by atoms with van der Waals surface area (Å²) in [6, 6.07) is 16.2. The highest BCUT2D eigenvalue weighted by molar-refractivity contribution is 5.81. The van der Waals surface area contributed by atoms with E-state index in [1.807, 2.05) is 55.1 Å². The molecule has 1 aromatic heterocycles. The highest BCUT2D eigenvalue weighted by Gasteiger charge is 2.12. The first-order valence-corrected chi connectivity index (χ1v) is 9.01. The summed E-state index contributed by atoms with van der Waals surface area (Å²) in [5.41, 5.74) is 4.34. The fraction of sp³-hybridized carbons (Fsp3) is 0.333. The Morgan fingerprint density at radius 1 is 1.08 bits per heavy atom. The predicted octanol–water partition coefficient (Wildman–Crippen LogP) is 2.98. The molecule has 0 radical (unpaired) electrons. The first-order valence-electron chi connectivity index (χ1n) is 9.01. The normalized spacial score (nSPS) is 11.2. The van der Waals surface area contributed by atoms with Crippen LogP contribution in [0.15, 0.2) is 48.5 Å². The number of carbonyl (C=O) groups is 1. The number of nitrogens with one attached hydrogen (secondary N) is 1. The molecule has 3 rings (SSSR count). The molecule has 26 heavy (non-hydrogen) atoms. The summed E-state index contributed by atoms with van der Waals surface area (Å²) in [6.07, 6.45) is 0.799. The van der Waals surface area contributed by atoms with Gasteiger partial charge in [0.15, 0.2) is 0 Å². The lowest BCUT2D eigenvalue weighted by atomic mass is 10.1. The minimum atomic E-state index is 0.00232. The lowest BCUT2D eigenvalue weighted by Crippen LogP contribution is -2.28. The molecule has 0 aliphatic heterocycles. The summed E-state index contributed by atoms with van der Waals surface area (Å²) in [7, 11) is 4.09. The molecule has 0 spiro atoms. The number of aryl methyl sites for hydroxylation is 1. The van der Waals surface area contributed by atoms with Crippen LogP contribution < -0.4 is 5.32 Å². The number of carbonyl (C=O) groups excluding carboxylic acids is 1. The molecule has 0 fully saturated rings. The maximum absolute atomic E-state index is 12.6. The minimum absolute atomic E-state index is 0.00232. The zero-order valence-corrected chi connectivity index (χ0v) is 15.7. The lowest BCUT2D eigenvalue weighted by Gasteiger charge is -2.15. The Bertz CT molecular complexity index is 898. The Hall–Kier alpha value is -2.66. The van der Waals surface area contributed by atoms with Crippen LogP contribution in [0.4, 0.5) is 0 Å².